The molecular formula is C12H19NO3. The van der Waals surface area contributed by atoms with Crippen LogP contribution in [-0.4, -0.2) is 23.0 Å². The third-order valence-electron chi connectivity index (χ3n) is 3.64. The van der Waals surface area contributed by atoms with Gasteiger partial charge < -0.3 is 10.4 Å². The molecule has 2 aliphatic carbocycles. The fourth-order valence-corrected chi connectivity index (χ4v) is 2.51. The summed E-state index contributed by atoms with van der Waals surface area (Å²) in [4.78, 5) is 22.6. The second-order valence-corrected chi connectivity index (χ2v) is 5.03. The summed E-state index contributed by atoms with van der Waals surface area (Å²) in [7, 11) is 0. The van der Waals surface area contributed by atoms with E-state index in [9.17, 15) is 9.59 Å². The van der Waals surface area contributed by atoms with Gasteiger partial charge in [0, 0.05) is 12.0 Å². The van der Waals surface area contributed by atoms with Gasteiger partial charge in [-0.05, 0) is 31.6 Å². The number of hydrogen-bond acceptors (Lipinski definition) is 2. The standard InChI is InChI=1S/C12H19NO3/c14-11(15)7-10(8-5-6-8)13-12(16)9-3-1-2-4-9/h8-10H,1-7H2,(H,13,16)(H,14,15). The molecule has 0 heterocycles. The maximum absolute atomic E-state index is 11.9. The van der Waals surface area contributed by atoms with E-state index in [0.717, 1.165) is 38.5 Å². The van der Waals surface area contributed by atoms with Crippen LogP contribution in [0.4, 0.5) is 0 Å². The van der Waals surface area contributed by atoms with Gasteiger partial charge in [-0.25, -0.2) is 0 Å². The lowest BCUT2D eigenvalue weighted by Crippen LogP contribution is -2.40. The SMILES string of the molecule is O=C(O)CC(NC(=O)C1CCCC1)C1CC1. The highest BCUT2D eigenvalue weighted by Gasteiger charge is 2.35. The topological polar surface area (TPSA) is 66.4 Å². The quantitative estimate of drug-likeness (QED) is 0.746. The van der Waals surface area contributed by atoms with Crippen molar-refractivity contribution in [1.82, 2.24) is 5.32 Å². The minimum absolute atomic E-state index is 0.0725. The van der Waals surface area contributed by atoms with Crippen molar-refractivity contribution in [2.75, 3.05) is 0 Å². The Balaban J connectivity index is 1.84. The molecule has 2 N–H and O–H groups in total. The summed E-state index contributed by atoms with van der Waals surface area (Å²) in [6.45, 7) is 0. The van der Waals surface area contributed by atoms with Crippen molar-refractivity contribution in [3.05, 3.63) is 0 Å². The van der Waals surface area contributed by atoms with Crippen molar-refractivity contribution in [2.45, 2.75) is 51.0 Å². The Hall–Kier alpha value is -1.06. The number of carbonyl (C=O) groups excluding carboxylic acids is 1. The van der Waals surface area contributed by atoms with E-state index in [1.165, 1.54) is 0 Å². The van der Waals surface area contributed by atoms with Crippen molar-refractivity contribution >= 4 is 11.9 Å². The second-order valence-electron chi connectivity index (χ2n) is 5.03. The Morgan fingerprint density at radius 1 is 1.19 bits per heavy atom. The van der Waals surface area contributed by atoms with Gasteiger partial charge in [0.25, 0.3) is 0 Å². The van der Waals surface area contributed by atoms with Gasteiger partial charge in [0.05, 0.1) is 6.42 Å². The minimum Gasteiger partial charge on any atom is -0.481 e. The Labute approximate surface area is 95.4 Å². The van der Waals surface area contributed by atoms with Crippen molar-refractivity contribution in [3.8, 4) is 0 Å². The maximum Gasteiger partial charge on any atom is 0.305 e. The molecule has 2 fully saturated rings. The molecule has 0 bridgehead atoms. The van der Waals surface area contributed by atoms with E-state index < -0.39 is 5.97 Å². The maximum atomic E-state index is 11.9. The molecule has 0 saturated heterocycles. The first-order chi connectivity index (χ1) is 7.66. The first-order valence-electron chi connectivity index (χ1n) is 6.19. The van der Waals surface area contributed by atoms with Gasteiger partial charge in [0.15, 0.2) is 0 Å². The number of carbonyl (C=O) groups is 2. The van der Waals surface area contributed by atoms with Gasteiger partial charge in [-0.15, -0.1) is 0 Å². The molecule has 1 unspecified atom stereocenters. The van der Waals surface area contributed by atoms with Crippen molar-refractivity contribution in [2.24, 2.45) is 11.8 Å². The zero-order valence-corrected chi connectivity index (χ0v) is 9.45. The van der Waals surface area contributed by atoms with Crippen LogP contribution in [0, 0.1) is 11.8 Å². The molecule has 1 atom stereocenters. The lowest BCUT2D eigenvalue weighted by atomic mass is 10.0. The smallest absolute Gasteiger partial charge is 0.305 e. The van der Waals surface area contributed by atoms with Crippen LogP contribution in [0.3, 0.4) is 0 Å². The normalized spacial score (nSPS) is 23.0. The van der Waals surface area contributed by atoms with Crippen molar-refractivity contribution in [1.29, 1.82) is 0 Å². The summed E-state index contributed by atoms with van der Waals surface area (Å²) < 4.78 is 0. The molecule has 0 radical (unpaired) electrons. The summed E-state index contributed by atoms with van der Waals surface area (Å²) in [5.41, 5.74) is 0. The van der Waals surface area contributed by atoms with E-state index in [2.05, 4.69) is 5.32 Å². The first kappa shape index (κ1) is 11.4. The highest BCUT2D eigenvalue weighted by atomic mass is 16.4. The van der Waals surface area contributed by atoms with Crippen LogP contribution in [0.25, 0.3) is 0 Å². The molecule has 0 aromatic heterocycles. The molecule has 2 saturated carbocycles. The molecule has 0 spiro atoms. The highest BCUT2D eigenvalue weighted by Crippen LogP contribution is 2.34. The lowest BCUT2D eigenvalue weighted by molar-refractivity contribution is -0.138. The summed E-state index contributed by atoms with van der Waals surface area (Å²) in [5.74, 6) is -0.198. The Bertz CT molecular complexity index is 280. The Morgan fingerprint density at radius 2 is 1.81 bits per heavy atom. The number of carboxylic acid groups (broad SMARTS) is 1. The molecule has 16 heavy (non-hydrogen) atoms. The van der Waals surface area contributed by atoms with E-state index >= 15 is 0 Å². The van der Waals surface area contributed by atoms with Crippen LogP contribution < -0.4 is 5.32 Å². The average Bonchev–Trinajstić information content (AvgIpc) is 2.91. The third-order valence-corrected chi connectivity index (χ3v) is 3.64. The second kappa shape index (κ2) is 4.85. The Kier molecular flexibility index (Phi) is 3.46. The largest absolute Gasteiger partial charge is 0.481 e. The van der Waals surface area contributed by atoms with Gasteiger partial charge in [-0.2, -0.15) is 0 Å². The number of rotatable bonds is 5. The van der Waals surface area contributed by atoms with Gasteiger partial charge >= 0.3 is 5.97 Å². The molecule has 2 rings (SSSR count). The average molecular weight is 225 g/mol. The van der Waals surface area contributed by atoms with Crippen molar-refractivity contribution < 1.29 is 14.7 Å². The zero-order chi connectivity index (χ0) is 11.5. The molecule has 4 nitrogen and oxygen atoms in total. The summed E-state index contributed by atoms with van der Waals surface area (Å²) >= 11 is 0. The molecule has 0 aliphatic heterocycles. The molecule has 90 valence electrons. The van der Waals surface area contributed by atoms with E-state index in [1.54, 1.807) is 0 Å². The molecular weight excluding hydrogens is 206 g/mol. The molecule has 1 amide bonds. The number of nitrogens with one attached hydrogen (secondary N) is 1. The molecule has 0 aromatic rings. The van der Waals surface area contributed by atoms with Crippen LogP contribution in [0.2, 0.25) is 0 Å². The van der Waals surface area contributed by atoms with Crippen LogP contribution in [0.1, 0.15) is 44.9 Å². The predicted molar refractivity (Wildman–Crippen MR) is 58.9 cm³/mol. The van der Waals surface area contributed by atoms with Gasteiger partial charge in [-0.1, -0.05) is 12.8 Å². The van der Waals surface area contributed by atoms with Crippen LogP contribution in [0.15, 0.2) is 0 Å². The monoisotopic (exact) mass is 225 g/mol. The summed E-state index contributed by atoms with van der Waals surface area (Å²) in [6, 6.07) is -0.134. The first-order valence-corrected chi connectivity index (χ1v) is 6.19. The van der Waals surface area contributed by atoms with E-state index in [1.807, 2.05) is 0 Å². The summed E-state index contributed by atoms with van der Waals surface area (Å²) in [5, 5.41) is 11.7. The Morgan fingerprint density at radius 3 is 2.31 bits per heavy atom. The van der Waals surface area contributed by atoms with Crippen LogP contribution in [-0.2, 0) is 9.59 Å². The molecule has 4 heteroatoms. The lowest BCUT2D eigenvalue weighted by Gasteiger charge is -2.18. The number of aliphatic carboxylic acids is 1. The third kappa shape index (κ3) is 2.97. The number of amides is 1. The highest BCUT2D eigenvalue weighted by molar-refractivity contribution is 5.80. The van der Waals surface area contributed by atoms with Gasteiger partial charge in [-0.3, -0.25) is 9.59 Å². The van der Waals surface area contributed by atoms with E-state index in [0.29, 0.717) is 5.92 Å². The fraction of sp³-hybridized carbons (Fsp3) is 0.833. The molecule has 0 aromatic carbocycles. The van der Waals surface area contributed by atoms with Crippen LogP contribution >= 0.6 is 0 Å². The molecule has 2 aliphatic rings. The van der Waals surface area contributed by atoms with Gasteiger partial charge in [0.1, 0.15) is 0 Å². The number of hydrogen-bond donors (Lipinski definition) is 2. The fourth-order valence-electron chi connectivity index (χ4n) is 2.51. The minimum atomic E-state index is -0.816. The van der Waals surface area contributed by atoms with Crippen molar-refractivity contribution in [3.63, 3.8) is 0 Å². The number of carboxylic acids is 1. The van der Waals surface area contributed by atoms with Crippen LogP contribution in [0.5, 0.6) is 0 Å². The summed E-state index contributed by atoms with van der Waals surface area (Å²) in [6.07, 6.45) is 6.39. The predicted octanol–water partition coefficient (Wildman–Crippen LogP) is 1.55. The van der Waals surface area contributed by atoms with E-state index in [4.69, 9.17) is 5.11 Å². The zero-order valence-electron chi connectivity index (χ0n) is 9.45. The van der Waals surface area contributed by atoms with Gasteiger partial charge in [0.2, 0.25) is 5.91 Å². The van der Waals surface area contributed by atoms with E-state index in [-0.39, 0.29) is 24.3 Å².